The number of anilines is 2. The molecular formula is C23H26N4O3S2. The predicted octanol–water partition coefficient (Wildman–Crippen LogP) is 4.10. The van der Waals surface area contributed by atoms with Gasteiger partial charge in [-0.05, 0) is 62.7 Å². The smallest absolute Gasteiger partial charge is 0.263 e. The van der Waals surface area contributed by atoms with E-state index in [-0.39, 0.29) is 16.7 Å². The second kappa shape index (κ2) is 9.81. The maximum atomic E-state index is 12.7. The molecule has 0 bridgehead atoms. The number of nitrogens with zero attached hydrogens (tertiary/aromatic N) is 2. The van der Waals surface area contributed by atoms with Gasteiger partial charge in [-0.2, -0.15) is 0 Å². The fourth-order valence-electron chi connectivity index (χ4n) is 3.71. The van der Waals surface area contributed by atoms with E-state index in [0.29, 0.717) is 10.8 Å². The number of carbonyl (C=O) groups is 1. The Balaban J connectivity index is 1.28. The minimum Gasteiger partial charge on any atom is -0.326 e. The van der Waals surface area contributed by atoms with Gasteiger partial charge in [-0.1, -0.05) is 29.8 Å². The largest absolute Gasteiger partial charge is 0.326 e. The first kappa shape index (κ1) is 22.4. The van der Waals surface area contributed by atoms with Crippen molar-refractivity contribution in [2.75, 3.05) is 23.1 Å². The fourth-order valence-corrected chi connectivity index (χ4v) is 5.50. The summed E-state index contributed by atoms with van der Waals surface area (Å²) in [7, 11) is -3.70. The normalized spacial score (nSPS) is 15.4. The molecule has 7 nitrogen and oxygen atoms in total. The highest BCUT2D eigenvalue weighted by molar-refractivity contribution is 7.93. The van der Waals surface area contributed by atoms with E-state index in [4.69, 9.17) is 0 Å². The van der Waals surface area contributed by atoms with Gasteiger partial charge in [0.25, 0.3) is 10.0 Å². The molecule has 0 saturated carbocycles. The molecule has 9 heteroatoms. The third kappa shape index (κ3) is 5.73. The lowest BCUT2D eigenvalue weighted by molar-refractivity contribution is -0.121. The van der Waals surface area contributed by atoms with Gasteiger partial charge >= 0.3 is 0 Å². The van der Waals surface area contributed by atoms with Crippen molar-refractivity contribution in [3.63, 3.8) is 0 Å². The molecule has 1 fully saturated rings. The first-order chi connectivity index (χ1) is 15.4. The molecule has 0 radical (unpaired) electrons. The molecule has 32 heavy (non-hydrogen) atoms. The summed E-state index contributed by atoms with van der Waals surface area (Å²) in [6.45, 7) is 4.75. The van der Waals surface area contributed by atoms with E-state index >= 15 is 0 Å². The summed E-state index contributed by atoms with van der Waals surface area (Å²) >= 11 is 1.21. The SMILES string of the molecule is Cc1ccc(CN2CCC(C(=O)Nc3ccc(S(=O)(=O)Nc4nccs4)cc3)CC2)cc1. The highest BCUT2D eigenvalue weighted by Crippen LogP contribution is 2.23. The van der Waals surface area contributed by atoms with E-state index in [9.17, 15) is 13.2 Å². The Bertz CT molecular complexity index is 1140. The van der Waals surface area contributed by atoms with Gasteiger partial charge in [-0.25, -0.2) is 13.4 Å². The number of sulfonamides is 1. The monoisotopic (exact) mass is 470 g/mol. The molecule has 1 aliphatic heterocycles. The third-order valence-corrected chi connectivity index (χ3v) is 7.74. The van der Waals surface area contributed by atoms with Gasteiger partial charge in [0, 0.05) is 29.7 Å². The zero-order chi connectivity index (χ0) is 22.6. The summed E-state index contributed by atoms with van der Waals surface area (Å²) in [4.78, 5) is 19.1. The summed E-state index contributed by atoms with van der Waals surface area (Å²) in [6, 6.07) is 14.8. The Labute approximate surface area is 192 Å². The molecule has 1 aromatic heterocycles. The number of nitrogens with one attached hydrogen (secondary N) is 2. The Kier molecular flexibility index (Phi) is 6.88. The number of hydrogen-bond donors (Lipinski definition) is 2. The van der Waals surface area contributed by atoms with Crippen molar-refractivity contribution in [2.45, 2.75) is 31.2 Å². The molecule has 1 aliphatic rings. The Morgan fingerprint density at radius 2 is 1.78 bits per heavy atom. The number of rotatable bonds is 7. The minimum absolute atomic E-state index is 0.0171. The number of aryl methyl sites for hydroxylation is 1. The summed E-state index contributed by atoms with van der Waals surface area (Å²) in [5.74, 6) is -0.0595. The number of carbonyl (C=O) groups excluding carboxylic acids is 1. The number of hydrogen-bond acceptors (Lipinski definition) is 6. The topological polar surface area (TPSA) is 91.4 Å². The number of aromatic nitrogens is 1. The summed E-state index contributed by atoms with van der Waals surface area (Å²) < 4.78 is 27.3. The van der Waals surface area contributed by atoms with Crippen LogP contribution in [0.15, 0.2) is 65.0 Å². The molecule has 168 valence electrons. The average Bonchev–Trinajstić information content (AvgIpc) is 3.28. The Morgan fingerprint density at radius 3 is 2.41 bits per heavy atom. The van der Waals surface area contributed by atoms with Crippen LogP contribution in [0.1, 0.15) is 24.0 Å². The minimum atomic E-state index is -3.70. The van der Waals surface area contributed by atoms with Crippen LogP contribution in [-0.4, -0.2) is 37.3 Å². The van der Waals surface area contributed by atoms with Crippen LogP contribution in [0.5, 0.6) is 0 Å². The lowest BCUT2D eigenvalue weighted by Crippen LogP contribution is -2.37. The highest BCUT2D eigenvalue weighted by atomic mass is 32.2. The van der Waals surface area contributed by atoms with E-state index in [0.717, 1.165) is 32.5 Å². The van der Waals surface area contributed by atoms with Crippen molar-refractivity contribution < 1.29 is 13.2 Å². The fraction of sp³-hybridized carbons (Fsp3) is 0.304. The highest BCUT2D eigenvalue weighted by Gasteiger charge is 2.25. The number of thiazole rings is 1. The maximum absolute atomic E-state index is 12.7. The molecule has 2 N–H and O–H groups in total. The first-order valence-corrected chi connectivity index (χ1v) is 12.9. The van der Waals surface area contributed by atoms with Gasteiger partial charge in [-0.3, -0.25) is 14.4 Å². The van der Waals surface area contributed by atoms with Crippen LogP contribution >= 0.6 is 11.3 Å². The molecule has 2 aromatic carbocycles. The van der Waals surface area contributed by atoms with Crippen molar-refractivity contribution in [1.82, 2.24) is 9.88 Å². The molecule has 0 aliphatic carbocycles. The van der Waals surface area contributed by atoms with Crippen LogP contribution in [-0.2, 0) is 21.4 Å². The molecule has 3 aromatic rings. The van der Waals surface area contributed by atoms with Gasteiger partial charge < -0.3 is 5.32 Å². The number of benzene rings is 2. The molecular weight excluding hydrogens is 444 g/mol. The first-order valence-electron chi connectivity index (χ1n) is 10.5. The second-order valence-electron chi connectivity index (χ2n) is 7.99. The van der Waals surface area contributed by atoms with Crippen LogP contribution in [0.4, 0.5) is 10.8 Å². The van der Waals surface area contributed by atoms with E-state index in [1.54, 1.807) is 17.5 Å². The third-order valence-electron chi connectivity index (χ3n) is 5.57. The molecule has 1 saturated heterocycles. The summed E-state index contributed by atoms with van der Waals surface area (Å²) in [5, 5.41) is 4.94. The van der Waals surface area contributed by atoms with Crippen LogP contribution in [0, 0.1) is 12.8 Å². The molecule has 1 amide bonds. The summed E-state index contributed by atoms with van der Waals surface area (Å²) in [6.07, 6.45) is 3.15. The van der Waals surface area contributed by atoms with Crippen molar-refractivity contribution in [1.29, 1.82) is 0 Å². The van der Waals surface area contributed by atoms with Gasteiger partial charge in [0.05, 0.1) is 4.90 Å². The second-order valence-corrected chi connectivity index (χ2v) is 10.6. The summed E-state index contributed by atoms with van der Waals surface area (Å²) in [5.41, 5.74) is 3.13. The standard InChI is InChI=1S/C23H26N4O3S2/c1-17-2-4-18(5-3-17)16-27-13-10-19(11-14-27)22(28)25-20-6-8-21(9-7-20)32(29,30)26-23-24-12-15-31-23/h2-9,12,15,19H,10-11,13-14,16H2,1H3,(H,24,26)(H,25,28). The predicted molar refractivity (Wildman–Crippen MR) is 127 cm³/mol. The maximum Gasteiger partial charge on any atom is 0.263 e. The number of amides is 1. The van der Waals surface area contributed by atoms with E-state index in [2.05, 4.69) is 51.1 Å². The van der Waals surface area contributed by atoms with Crippen LogP contribution in [0.2, 0.25) is 0 Å². The van der Waals surface area contributed by atoms with Crippen molar-refractivity contribution in [3.8, 4) is 0 Å². The Hall–Kier alpha value is -2.75. The molecule has 2 heterocycles. The average molecular weight is 471 g/mol. The van der Waals surface area contributed by atoms with Crippen molar-refractivity contribution in [2.24, 2.45) is 5.92 Å². The van der Waals surface area contributed by atoms with E-state index < -0.39 is 10.0 Å². The van der Waals surface area contributed by atoms with Crippen molar-refractivity contribution >= 4 is 38.1 Å². The number of piperidine rings is 1. The van der Waals surface area contributed by atoms with Gasteiger partial charge in [0.15, 0.2) is 5.13 Å². The molecule has 0 unspecified atom stereocenters. The molecule has 0 spiro atoms. The molecule has 4 rings (SSSR count). The van der Waals surface area contributed by atoms with E-state index in [1.807, 2.05) is 0 Å². The van der Waals surface area contributed by atoms with Crippen molar-refractivity contribution in [3.05, 3.63) is 71.2 Å². The molecule has 0 atom stereocenters. The quantitative estimate of drug-likeness (QED) is 0.542. The van der Waals surface area contributed by atoms with Crippen LogP contribution in [0.25, 0.3) is 0 Å². The zero-order valence-corrected chi connectivity index (χ0v) is 19.5. The Morgan fingerprint density at radius 1 is 1.09 bits per heavy atom. The van der Waals surface area contributed by atoms with Crippen LogP contribution in [0.3, 0.4) is 0 Å². The van der Waals surface area contributed by atoms with Crippen LogP contribution < -0.4 is 10.0 Å². The number of likely N-dealkylation sites (tertiary alicyclic amines) is 1. The van der Waals surface area contributed by atoms with Gasteiger partial charge in [0.1, 0.15) is 0 Å². The lowest BCUT2D eigenvalue weighted by Gasteiger charge is -2.31. The lowest BCUT2D eigenvalue weighted by atomic mass is 9.95. The van der Waals surface area contributed by atoms with Gasteiger partial charge in [0.2, 0.25) is 5.91 Å². The van der Waals surface area contributed by atoms with E-state index in [1.165, 1.54) is 40.8 Å². The zero-order valence-electron chi connectivity index (χ0n) is 17.8. The van der Waals surface area contributed by atoms with Gasteiger partial charge in [-0.15, -0.1) is 11.3 Å².